The molecule has 1 amide bonds. The van der Waals surface area contributed by atoms with Crippen molar-refractivity contribution in [3.63, 3.8) is 0 Å². The maximum absolute atomic E-state index is 12.8. The summed E-state index contributed by atoms with van der Waals surface area (Å²) in [5.74, 6) is -0.395. The Morgan fingerprint density at radius 1 is 1.16 bits per heavy atom. The first kappa shape index (κ1) is 12.6. The molecule has 2 unspecified atom stereocenters. The molecule has 0 spiro atoms. The van der Waals surface area contributed by atoms with Gasteiger partial charge in [-0.2, -0.15) is 0 Å². The van der Waals surface area contributed by atoms with Crippen molar-refractivity contribution >= 4 is 5.91 Å². The van der Waals surface area contributed by atoms with Crippen LogP contribution in [-0.4, -0.2) is 36.0 Å². The minimum Gasteiger partial charge on any atom is -0.348 e. The van der Waals surface area contributed by atoms with E-state index in [0.29, 0.717) is 11.6 Å². The first-order chi connectivity index (χ1) is 9.24. The van der Waals surface area contributed by atoms with Gasteiger partial charge in [-0.1, -0.05) is 6.42 Å². The van der Waals surface area contributed by atoms with Gasteiger partial charge in [-0.3, -0.25) is 9.69 Å². The van der Waals surface area contributed by atoms with Crippen LogP contribution in [0.4, 0.5) is 4.39 Å². The van der Waals surface area contributed by atoms with Crippen molar-refractivity contribution in [2.75, 3.05) is 13.1 Å². The molecule has 19 heavy (non-hydrogen) atoms. The summed E-state index contributed by atoms with van der Waals surface area (Å²) in [7, 11) is 0. The largest absolute Gasteiger partial charge is 0.348 e. The zero-order chi connectivity index (χ0) is 13.2. The van der Waals surface area contributed by atoms with Crippen LogP contribution in [0, 0.1) is 5.82 Å². The molecule has 2 saturated heterocycles. The Kier molecular flexibility index (Phi) is 3.51. The highest BCUT2D eigenvalue weighted by Crippen LogP contribution is 2.27. The first-order valence-electron chi connectivity index (χ1n) is 7.04. The molecule has 2 aliphatic rings. The molecule has 0 aliphatic carbocycles. The van der Waals surface area contributed by atoms with Crippen LogP contribution >= 0.6 is 0 Å². The van der Waals surface area contributed by atoms with E-state index in [1.165, 1.54) is 43.5 Å². The third kappa shape index (κ3) is 2.63. The van der Waals surface area contributed by atoms with Crippen LogP contribution in [0.3, 0.4) is 0 Å². The number of nitrogens with zero attached hydrogens (tertiary/aromatic N) is 1. The predicted octanol–water partition coefficient (Wildman–Crippen LogP) is 2.18. The molecular weight excluding hydrogens is 243 g/mol. The molecular formula is C15H19FN2O. The molecule has 1 N–H and O–H groups in total. The van der Waals surface area contributed by atoms with E-state index in [9.17, 15) is 9.18 Å². The number of carbonyl (C=O) groups is 1. The first-order valence-corrected chi connectivity index (χ1v) is 7.04. The Morgan fingerprint density at radius 3 is 2.74 bits per heavy atom. The van der Waals surface area contributed by atoms with E-state index in [2.05, 4.69) is 10.2 Å². The van der Waals surface area contributed by atoms with E-state index in [4.69, 9.17) is 0 Å². The van der Waals surface area contributed by atoms with E-state index < -0.39 is 0 Å². The quantitative estimate of drug-likeness (QED) is 0.886. The van der Waals surface area contributed by atoms with Crippen molar-refractivity contribution in [2.24, 2.45) is 0 Å². The second-order valence-corrected chi connectivity index (χ2v) is 5.47. The third-order valence-corrected chi connectivity index (χ3v) is 4.28. The lowest BCUT2D eigenvalue weighted by Gasteiger charge is -2.32. The monoisotopic (exact) mass is 262 g/mol. The zero-order valence-corrected chi connectivity index (χ0v) is 10.9. The fourth-order valence-corrected chi connectivity index (χ4v) is 3.27. The summed E-state index contributed by atoms with van der Waals surface area (Å²) in [4.78, 5) is 14.6. The second kappa shape index (κ2) is 5.29. The fraction of sp³-hybridized carbons (Fsp3) is 0.533. The number of carbonyl (C=O) groups excluding carboxylic acids is 1. The second-order valence-electron chi connectivity index (χ2n) is 5.47. The molecule has 3 rings (SSSR count). The summed E-state index contributed by atoms with van der Waals surface area (Å²) in [5.41, 5.74) is 0.538. The van der Waals surface area contributed by atoms with Crippen molar-refractivity contribution in [1.82, 2.24) is 10.2 Å². The van der Waals surface area contributed by atoms with Gasteiger partial charge >= 0.3 is 0 Å². The summed E-state index contributed by atoms with van der Waals surface area (Å²) in [5, 5.41) is 3.11. The summed E-state index contributed by atoms with van der Waals surface area (Å²) in [6, 6.07) is 6.49. The van der Waals surface area contributed by atoms with Crippen molar-refractivity contribution in [2.45, 2.75) is 37.8 Å². The molecule has 0 aromatic heterocycles. The molecule has 1 aromatic carbocycles. The van der Waals surface area contributed by atoms with E-state index >= 15 is 0 Å². The summed E-state index contributed by atoms with van der Waals surface area (Å²) < 4.78 is 12.8. The summed E-state index contributed by atoms with van der Waals surface area (Å²) >= 11 is 0. The number of benzene rings is 1. The number of piperidine rings is 1. The molecule has 0 bridgehead atoms. The molecule has 2 aliphatic heterocycles. The third-order valence-electron chi connectivity index (χ3n) is 4.28. The number of nitrogens with one attached hydrogen (secondary N) is 1. The van der Waals surface area contributed by atoms with Gasteiger partial charge in [-0.15, -0.1) is 0 Å². The maximum atomic E-state index is 12.8. The number of rotatable bonds is 2. The number of hydrogen-bond acceptors (Lipinski definition) is 2. The number of halogens is 1. The van der Waals surface area contributed by atoms with Gasteiger partial charge < -0.3 is 5.32 Å². The minimum absolute atomic E-state index is 0.0857. The smallest absolute Gasteiger partial charge is 0.251 e. The maximum Gasteiger partial charge on any atom is 0.251 e. The van der Waals surface area contributed by atoms with Crippen LogP contribution in [0.2, 0.25) is 0 Å². The highest BCUT2D eigenvalue weighted by Gasteiger charge is 2.36. The van der Waals surface area contributed by atoms with Gasteiger partial charge in [0, 0.05) is 24.2 Å². The average molecular weight is 262 g/mol. The molecule has 0 radical (unpaired) electrons. The Hall–Kier alpha value is -1.42. The van der Waals surface area contributed by atoms with Gasteiger partial charge in [0.25, 0.3) is 5.91 Å². The molecule has 2 atom stereocenters. The van der Waals surface area contributed by atoms with Gasteiger partial charge in [0.1, 0.15) is 5.82 Å². The fourth-order valence-electron chi connectivity index (χ4n) is 3.27. The lowest BCUT2D eigenvalue weighted by Crippen LogP contribution is -2.46. The predicted molar refractivity (Wildman–Crippen MR) is 71.5 cm³/mol. The van der Waals surface area contributed by atoms with Crippen LogP contribution in [0.1, 0.15) is 36.0 Å². The molecule has 0 saturated carbocycles. The standard InChI is InChI=1S/C15H19FN2O/c16-12-6-4-11(5-7-12)15(19)17-13-8-10-18-9-2-1-3-14(13)18/h4-7,13-14H,1-3,8-10H2,(H,17,19). The average Bonchev–Trinajstić information content (AvgIpc) is 2.83. The normalized spacial score (nSPS) is 27.0. The number of fused-ring (bicyclic) bond motifs is 1. The minimum atomic E-state index is -0.309. The highest BCUT2D eigenvalue weighted by molar-refractivity contribution is 5.94. The number of hydrogen-bond donors (Lipinski definition) is 1. The van der Waals surface area contributed by atoms with Crippen molar-refractivity contribution < 1.29 is 9.18 Å². The van der Waals surface area contributed by atoms with Crippen LogP contribution in [-0.2, 0) is 0 Å². The van der Waals surface area contributed by atoms with E-state index in [0.717, 1.165) is 19.5 Å². The van der Waals surface area contributed by atoms with Crippen LogP contribution in [0.15, 0.2) is 24.3 Å². The van der Waals surface area contributed by atoms with Gasteiger partial charge in [-0.05, 0) is 50.1 Å². The molecule has 2 heterocycles. The number of amides is 1. The van der Waals surface area contributed by atoms with E-state index in [1.54, 1.807) is 0 Å². The van der Waals surface area contributed by atoms with Gasteiger partial charge in [-0.25, -0.2) is 4.39 Å². The van der Waals surface area contributed by atoms with Crippen LogP contribution in [0.5, 0.6) is 0 Å². The van der Waals surface area contributed by atoms with Crippen molar-refractivity contribution in [1.29, 1.82) is 0 Å². The SMILES string of the molecule is O=C(NC1CCN2CCCCC12)c1ccc(F)cc1. The Bertz CT molecular complexity index is 460. The van der Waals surface area contributed by atoms with Gasteiger partial charge in [0.2, 0.25) is 0 Å². The molecule has 1 aromatic rings. The van der Waals surface area contributed by atoms with E-state index in [1.807, 2.05) is 0 Å². The van der Waals surface area contributed by atoms with Crippen molar-refractivity contribution in [3.05, 3.63) is 35.6 Å². The zero-order valence-electron chi connectivity index (χ0n) is 10.9. The molecule has 4 heteroatoms. The molecule has 3 nitrogen and oxygen atoms in total. The molecule has 102 valence electrons. The van der Waals surface area contributed by atoms with Gasteiger partial charge in [0.05, 0.1) is 0 Å². The molecule has 2 fully saturated rings. The van der Waals surface area contributed by atoms with Gasteiger partial charge in [0.15, 0.2) is 0 Å². The van der Waals surface area contributed by atoms with Crippen LogP contribution < -0.4 is 5.32 Å². The lowest BCUT2D eigenvalue weighted by atomic mass is 9.99. The van der Waals surface area contributed by atoms with E-state index in [-0.39, 0.29) is 17.8 Å². The topological polar surface area (TPSA) is 32.3 Å². The van der Waals surface area contributed by atoms with Crippen LogP contribution in [0.25, 0.3) is 0 Å². The highest BCUT2D eigenvalue weighted by atomic mass is 19.1. The Morgan fingerprint density at radius 2 is 1.95 bits per heavy atom. The Balaban J connectivity index is 1.65. The lowest BCUT2D eigenvalue weighted by molar-refractivity contribution is 0.0915. The van der Waals surface area contributed by atoms with Crippen molar-refractivity contribution in [3.8, 4) is 0 Å². The summed E-state index contributed by atoms with van der Waals surface area (Å²) in [6.45, 7) is 2.24. The summed E-state index contributed by atoms with van der Waals surface area (Å²) in [6.07, 6.45) is 4.73. The Labute approximate surface area is 112 Å².